The largest absolute Gasteiger partial charge is 0.378 e. The van der Waals surface area contributed by atoms with Gasteiger partial charge < -0.3 is 5.32 Å². The molecule has 0 aromatic carbocycles. The summed E-state index contributed by atoms with van der Waals surface area (Å²) in [4.78, 5) is 0. The molecule has 1 N–H and O–H groups in total. The SMILES string of the molecule is Cc1nn(C)c(C)c1NCc1cnn(C)c1C. The van der Waals surface area contributed by atoms with Gasteiger partial charge in [-0.3, -0.25) is 9.36 Å². The Morgan fingerprint density at radius 3 is 2.29 bits per heavy atom. The Hall–Kier alpha value is -1.78. The van der Waals surface area contributed by atoms with E-state index in [1.54, 1.807) is 0 Å². The summed E-state index contributed by atoms with van der Waals surface area (Å²) in [7, 11) is 3.92. The van der Waals surface area contributed by atoms with Crippen molar-refractivity contribution < 1.29 is 0 Å². The maximum Gasteiger partial charge on any atom is 0.0827 e. The Balaban J connectivity index is 2.15. The molecule has 2 aromatic heterocycles. The maximum atomic E-state index is 4.38. The molecule has 2 aromatic rings. The lowest BCUT2D eigenvalue weighted by atomic mass is 10.2. The number of nitrogens with zero attached hydrogens (tertiary/aromatic N) is 4. The van der Waals surface area contributed by atoms with Gasteiger partial charge in [-0.05, 0) is 20.8 Å². The van der Waals surface area contributed by atoms with E-state index in [0.29, 0.717) is 0 Å². The molecule has 0 aliphatic carbocycles. The number of hydrogen-bond acceptors (Lipinski definition) is 3. The van der Waals surface area contributed by atoms with Crippen molar-refractivity contribution in [3.63, 3.8) is 0 Å². The van der Waals surface area contributed by atoms with Crippen LogP contribution in [0.5, 0.6) is 0 Å². The summed E-state index contributed by atoms with van der Waals surface area (Å²) in [5.41, 5.74) is 5.72. The zero-order valence-electron chi connectivity index (χ0n) is 11.1. The molecule has 0 atom stereocenters. The third-order valence-corrected chi connectivity index (χ3v) is 3.30. The first-order chi connectivity index (χ1) is 8.00. The normalized spacial score (nSPS) is 10.9. The van der Waals surface area contributed by atoms with E-state index >= 15 is 0 Å². The summed E-state index contributed by atoms with van der Waals surface area (Å²) >= 11 is 0. The first-order valence-corrected chi connectivity index (χ1v) is 5.72. The summed E-state index contributed by atoms with van der Waals surface area (Å²) in [5.74, 6) is 0. The van der Waals surface area contributed by atoms with Crippen LogP contribution in [0.25, 0.3) is 0 Å². The fourth-order valence-electron chi connectivity index (χ4n) is 1.93. The highest BCUT2D eigenvalue weighted by atomic mass is 15.3. The lowest BCUT2D eigenvalue weighted by molar-refractivity contribution is 0.731. The van der Waals surface area contributed by atoms with Crippen molar-refractivity contribution in [2.45, 2.75) is 27.3 Å². The average Bonchev–Trinajstić information content (AvgIpc) is 2.71. The lowest BCUT2D eigenvalue weighted by Gasteiger charge is -2.06. The molecule has 0 saturated carbocycles. The van der Waals surface area contributed by atoms with Crippen molar-refractivity contribution in [1.82, 2.24) is 19.6 Å². The van der Waals surface area contributed by atoms with Gasteiger partial charge >= 0.3 is 0 Å². The number of rotatable bonds is 3. The van der Waals surface area contributed by atoms with E-state index in [4.69, 9.17) is 0 Å². The van der Waals surface area contributed by atoms with E-state index in [0.717, 1.165) is 23.6 Å². The molecule has 17 heavy (non-hydrogen) atoms. The fourth-order valence-corrected chi connectivity index (χ4v) is 1.93. The molecule has 5 heteroatoms. The molecule has 0 spiro atoms. The molecular weight excluding hydrogens is 214 g/mol. The quantitative estimate of drug-likeness (QED) is 0.877. The molecule has 0 saturated heterocycles. The molecule has 0 amide bonds. The molecule has 2 rings (SSSR count). The summed E-state index contributed by atoms with van der Waals surface area (Å²) in [5, 5.41) is 12.1. The molecule has 0 aliphatic heterocycles. The van der Waals surface area contributed by atoms with Gasteiger partial charge in [0.1, 0.15) is 0 Å². The third-order valence-electron chi connectivity index (χ3n) is 3.30. The minimum Gasteiger partial charge on any atom is -0.378 e. The smallest absolute Gasteiger partial charge is 0.0827 e. The summed E-state index contributed by atoms with van der Waals surface area (Å²) in [6.07, 6.45) is 1.91. The molecule has 0 bridgehead atoms. The Morgan fingerprint density at radius 2 is 1.82 bits per heavy atom. The van der Waals surface area contributed by atoms with Crippen LogP contribution in [0, 0.1) is 20.8 Å². The minimum absolute atomic E-state index is 0.785. The van der Waals surface area contributed by atoms with Crippen LogP contribution in [0.2, 0.25) is 0 Å². The molecule has 0 radical (unpaired) electrons. The number of anilines is 1. The second-order valence-electron chi connectivity index (χ2n) is 4.40. The Bertz CT molecular complexity index is 535. The Morgan fingerprint density at radius 1 is 1.12 bits per heavy atom. The molecule has 0 fully saturated rings. The maximum absolute atomic E-state index is 4.38. The van der Waals surface area contributed by atoms with E-state index in [1.165, 1.54) is 11.3 Å². The molecule has 0 aliphatic rings. The van der Waals surface area contributed by atoms with Gasteiger partial charge in [-0.2, -0.15) is 10.2 Å². The highest BCUT2D eigenvalue weighted by Gasteiger charge is 2.10. The zero-order valence-corrected chi connectivity index (χ0v) is 11.1. The van der Waals surface area contributed by atoms with Crippen LogP contribution >= 0.6 is 0 Å². The molecule has 2 heterocycles. The van der Waals surface area contributed by atoms with E-state index in [9.17, 15) is 0 Å². The highest BCUT2D eigenvalue weighted by Crippen LogP contribution is 2.19. The van der Waals surface area contributed by atoms with E-state index in [-0.39, 0.29) is 0 Å². The molecule has 0 unspecified atom stereocenters. The van der Waals surface area contributed by atoms with Gasteiger partial charge in [0.15, 0.2) is 0 Å². The van der Waals surface area contributed by atoms with Gasteiger partial charge in [0.25, 0.3) is 0 Å². The van der Waals surface area contributed by atoms with Crippen LogP contribution in [0.15, 0.2) is 6.20 Å². The van der Waals surface area contributed by atoms with E-state index in [1.807, 2.05) is 36.6 Å². The molecule has 92 valence electrons. The van der Waals surface area contributed by atoms with Crippen LogP contribution in [-0.4, -0.2) is 19.6 Å². The van der Waals surface area contributed by atoms with E-state index < -0.39 is 0 Å². The lowest BCUT2D eigenvalue weighted by Crippen LogP contribution is -2.03. The van der Waals surface area contributed by atoms with Crippen LogP contribution in [0.1, 0.15) is 22.6 Å². The standard InChI is InChI=1S/C12H19N5/c1-8-12(10(3)17(5)15-8)13-6-11-7-14-16(4)9(11)2/h7,13H,6H2,1-5H3. The van der Waals surface area contributed by atoms with Gasteiger partial charge in [-0.1, -0.05) is 0 Å². The summed E-state index contributed by atoms with van der Waals surface area (Å²) in [6, 6.07) is 0. The number of aryl methyl sites for hydroxylation is 3. The topological polar surface area (TPSA) is 47.7 Å². The second kappa shape index (κ2) is 4.24. The summed E-state index contributed by atoms with van der Waals surface area (Å²) < 4.78 is 3.79. The molecular formula is C12H19N5. The van der Waals surface area contributed by atoms with Gasteiger partial charge in [0.2, 0.25) is 0 Å². The van der Waals surface area contributed by atoms with Crippen LogP contribution in [0.4, 0.5) is 5.69 Å². The van der Waals surface area contributed by atoms with Gasteiger partial charge in [0.05, 0.1) is 23.3 Å². The number of hydrogen-bond donors (Lipinski definition) is 1. The van der Waals surface area contributed by atoms with E-state index in [2.05, 4.69) is 29.4 Å². The van der Waals surface area contributed by atoms with Crippen molar-refractivity contribution in [3.8, 4) is 0 Å². The summed E-state index contributed by atoms with van der Waals surface area (Å²) in [6.45, 7) is 6.95. The first kappa shape index (κ1) is 11.7. The van der Waals surface area contributed by atoms with Gasteiger partial charge in [0, 0.05) is 31.9 Å². The number of nitrogens with one attached hydrogen (secondary N) is 1. The predicted octanol–water partition coefficient (Wildman–Crippen LogP) is 1.69. The zero-order chi connectivity index (χ0) is 12.6. The van der Waals surface area contributed by atoms with Crippen LogP contribution in [0.3, 0.4) is 0 Å². The number of aromatic nitrogens is 4. The minimum atomic E-state index is 0.785. The van der Waals surface area contributed by atoms with Crippen molar-refractivity contribution in [2.24, 2.45) is 14.1 Å². The second-order valence-corrected chi connectivity index (χ2v) is 4.40. The van der Waals surface area contributed by atoms with Gasteiger partial charge in [-0.25, -0.2) is 0 Å². The first-order valence-electron chi connectivity index (χ1n) is 5.72. The van der Waals surface area contributed by atoms with Gasteiger partial charge in [-0.15, -0.1) is 0 Å². The monoisotopic (exact) mass is 233 g/mol. The van der Waals surface area contributed by atoms with Crippen molar-refractivity contribution in [2.75, 3.05) is 5.32 Å². The average molecular weight is 233 g/mol. The van der Waals surface area contributed by atoms with Crippen molar-refractivity contribution >= 4 is 5.69 Å². The molecule has 5 nitrogen and oxygen atoms in total. The third kappa shape index (κ3) is 2.05. The van der Waals surface area contributed by atoms with Crippen molar-refractivity contribution in [1.29, 1.82) is 0 Å². The predicted molar refractivity (Wildman–Crippen MR) is 68.0 cm³/mol. The highest BCUT2D eigenvalue weighted by molar-refractivity contribution is 5.52. The fraction of sp³-hybridized carbons (Fsp3) is 0.500. The van der Waals surface area contributed by atoms with Crippen LogP contribution < -0.4 is 5.32 Å². The van der Waals surface area contributed by atoms with Crippen molar-refractivity contribution in [3.05, 3.63) is 28.8 Å². The van der Waals surface area contributed by atoms with Crippen LogP contribution in [-0.2, 0) is 20.6 Å². The Labute approximate surface area is 101 Å². The Kier molecular flexibility index (Phi) is 2.92.